The van der Waals surface area contributed by atoms with E-state index in [0.29, 0.717) is 12.6 Å². The van der Waals surface area contributed by atoms with Crippen molar-refractivity contribution in [1.29, 1.82) is 0 Å². The molecule has 1 aromatic heterocycles. The number of hydrogen-bond donors (Lipinski definition) is 1. The molecule has 0 aliphatic carbocycles. The van der Waals surface area contributed by atoms with Crippen LogP contribution in [0, 0.1) is 0 Å². The minimum atomic E-state index is 0.365. The van der Waals surface area contributed by atoms with Gasteiger partial charge in [0.2, 0.25) is 0 Å². The molecule has 1 aromatic carbocycles. The number of nitrogens with two attached hydrogens (primary N) is 1. The van der Waals surface area contributed by atoms with Crippen molar-refractivity contribution in [3.8, 4) is 5.69 Å². The Morgan fingerprint density at radius 3 is 2.67 bits per heavy atom. The average molecular weight is 244 g/mol. The van der Waals surface area contributed by atoms with Gasteiger partial charge in [-0.25, -0.2) is 4.68 Å². The van der Waals surface area contributed by atoms with Crippen LogP contribution in [-0.2, 0) is 6.54 Å². The van der Waals surface area contributed by atoms with Gasteiger partial charge >= 0.3 is 0 Å². The molecule has 1 unspecified atom stereocenters. The summed E-state index contributed by atoms with van der Waals surface area (Å²) in [5, 5.41) is 4.38. The number of nitrogens with zero attached hydrogens (tertiary/aromatic N) is 3. The highest BCUT2D eigenvalue weighted by atomic mass is 15.3. The van der Waals surface area contributed by atoms with Gasteiger partial charge in [0.1, 0.15) is 0 Å². The Morgan fingerprint density at radius 2 is 2.00 bits per heavy atom. The largest absolute Gasteiger partial charge is 0.329 e. The lowest BCUT2D eigenvalue weighted by molar-refractivity contribution is 0.250. The maximum atomic E-state index is 5.69. The van der Waals surface area contributed by atoms with Crippen molar-refractivity contribution in [3.63, 3.8) is 0 Å². The third-order valence-electron chi connectivity index (χ3n) is 3.23. The summed E-state index contributed by atoms with van der Waals surface area (Å²) in [7, 11) is 2.08. The van der Waals surface area contributed by atoms with Crippen molar-refractivity contribution in [2.75, 3.05) is 13.6 Å². The van der Waals surface area contributed by atoms with Gasteiger partial charge in [-0.15, -0.1) is 0 Å². The fraction of sp³-hybridized carbons (Fsp3) is 0.357. The number of rotatable bonds is 5. The highest BCUT2D eigenvalue weighted by molar-refractivity contribution is 5.32. The van der Waals surface area contributed by atoms with Crippen molar-refractivity contribution < 1.29 is 0 Å². The summed E-state index contributed by atoms with van der Waals surface area (Å²) in [4.78, 5) is 2.23. The first kappa shape index (κ1) is 12.8. The first-order valence-corrected chi connectivity index (χ1v) is 6.21. The third kappa shape index (κ3) is 2.78. The van der Waals surface area contributed by atoms with E-state index in [-0.39, 0.29) is 0 Å². The fourth-order valence-electron chi connectivity index (χ4n) is 1.84. The van der Waals surface area contributed by atoms with Crippen LogP contribution in [0.25, 0.3) is 5.69 Å². The summed E-state index contributed by atoms with van der Waals surface area (Å²) in [6.07, 6.45) is 1.84. The van der Waals surface area contributed by atoms with Gasteiger partial charge in [-0.3, -0.25) is 4.90 Å². The molecule has 0 saturated carbocycles. The molecule has 2 N–H and O–H groups in total. The lowest BCUT2D eigenvalue weighted by atomic mass is 10.2. The molecule has 0 saturated heterocycles. The molecule has 0 spiro atoms. The SMILES string of the molecule is CC(CN)N(C)Cc1ccnn1-c1ccccc1. The second kappa shape index (κ2) is 5.80. The highest BCUT2D eigenvalue weighted by Gasteiger charge is 2.11. The first-order chi connectivity index (χ1) is 8.72. The van der Waals surface area contributed by atoms with Gasteiger partial charge in [0.05, 0.1) is 11.4 Å². The van der Waals surface area contributed by atoms with E-state index in [0.717, 1.165) is 12.2 Å². The molecule has 2 aromatic rings. The number of aromatic nitrogens is 2. The van der Waals surface area contributed by atoms with Crippen LogP contribution >= 0.6 is 0 Å². The molecule has 0 amide bonds. The summed E-state index contributed by atoms with van der Waals surface area (Å²) in [5.74, 6) is 0. The molecular weight excluding hydrogens is 224 g/mol. The van der Waals surface area contributed by atoms with E-state index in [1.165, 1.54) is 5.69 Å². The monoisotopic (exact) mass is 244 g/mol. The summed E-state index contributed by atoms with van der Waals surface area (Å²) < 4.78 is 1.97. The third-order valence-corrected chi connectivity index (χ3v) is 3.23. The van der Waals surface area contributed by atoms with Crippen LogP contribution in [-0.4, -0.2) is 34.3 Å². The minimum absolute atomic E-state index is 0.365. The van der Waals surface area contributed by atoms with E-state index in [9.17, 15) is 0 Å². The van der Waals surface area contributed by atoms with E-state index in [2.05, 4.69) is 36.1 Å². The molecule has 0 fully saturated rings. The lowest BCUT2D eigenvalue weighted by Gasteiger charge is -2.23. The van der Waals surface area contributed by atoms with Crippen molar-refractivity contribution in [1.82, 2.24) is 14.7 Å². The van der Waals surface area contributed by atoms with E-state index < -0.39 is 0 Å². The van der Waals surface area contributed by atoms with Crippen LogP contribution in [0.4, 0.5) is 0 Å². The quantitative estimate of drug-likeness (QED) is 0.870. The number of likely N-dealkylation sites (N-methyl/N-ethyl adjacent to an activating group) is 1. The second-order valence-corrected chi connectivity index (χ2v) is 4.57. The summed E-state index contributed by atoms with van der Waals surface area (Å²) in [6, 6.07) is 12.6. The van der Waals surface area contributed by atoms with Crippen LogP contribution < -0.4 is 5.73 Å². The van der Waals surface area contributed by atoms with Crippen LogP contribution in [0.1, 0.15) is 12.6 Å². The zero-order valence-electron chi connectivity index (χ0n) is 11.0. The molecule has 4 nitrogen and oxygen atoms in total. The molecular formula is C14H20N4. The molecule has 96 valence electrons. The van der Waals surface area contributed by atoms with Gasteiger partial charge in [-0.1, -0.05) is 18.2 Å². The zero-order chi connectivity index (χ0) is 13.0. The van der Waals surface area contributed by atoms with Crippen LogP contribution in [0.15, 0.2) is 42.6 Å². The van der Waals surface area contributed by atoms with E-state index >= 15 is 0 Å². The molecule has 4 heteroatoms. The van der Waals surface area contributed by atoms with Crippen molar-refractivity contribution in [3.05, 3.63) is 48.3 Å². The van der Waals surface area contributed by atoms with Crippen molar-refractivity contribution in [2.24, 2.45) is 5.73 Å². The number of para-hydroxylation sites is 1. The van der Waals surface area contributed by atoms with E-state index in [1.54, 1.807) is 0 Å². The lowest BCUT2D eigenvalue weighted by Crippen LogP contribution is -2.35. The summed E-state index contributed by atoms with van der Waals surface area (Å²) >= 11 is 0. The zero-order valence-corrected chi connectivity index (χ0v) is 11.0. The number of benzene rings is 1. The smallest absolute Gasteiger partial charge is 0.0649 e. The van der Waals surface area contributed by atoms with Gasteiger partial charge in [0.15, 0.2) is 0 Å². The van der Waals surface area contributed by atoms with Gasteiger partial charge < -0.3 is 5.73 Å². The average Bonchev–Trinajstić information content (AvgIpc) is 2.86. The fourth-order valence-corrected chi connectivity index (χ4v) is 1.84. The molecule has 2 rings (SSSR count). The summed E-state index contributed by atoms with van der Waals surface area (Å²) in [5.41, 5.74) is 7.95. The van der Waals surface area contributed by atoms with Crippen LogP contribution in [0.3, 0.4) is 0 Å². The molecule has 1 atom stereocenters. The molecule has 0 aliphatic rings. The van der Waals surface area contributed by atoms with E-state index in [1.807, 2.05) is 35.1 Å². The Bertz CT molecular complexity index is 478. The molecule has 0 bridgehead atoms. The number of hydrogen-bond acceptors (Lipinski definition) is 3. The Morgan fingerprint density at radius 1 is 1.28 bits per heavy atom. The Kier molecular flexibility index (Phi) is 4.12. The minimum Gasteiger partial charge on any atom is -0.329 e. The topological polar surface area (TPSA) is 47.1 Å². The van der Waals surface area contributed by atoms with Gasteiger partial charge in [0.25, 0.3) is 0 Å². The van der Waals surface area contributed by atoms with E-state index in [4.69, 9.17) is 5.73 Å². The standard InChI is InChI=1S/C14H20N4/c1-12(10-15)17(2)11-14-8-9-16-18(14)13-6-4-3-5-7-13/h3-9,12H,10-11,15H2,1-2H3. The van der Waals surface area contributed by atoms with Crippen LogP contribution in [0.2, 0.25) is 0 Å². The maximum Gasteiger partial charge on any atom is 0.0649 e. The van der Waals surface area contributed by atoms with Crippen molar-refractivity contribution >= 4 is 0 Å². The molecule has 0 radical (unpaired) electrons. The highest BCUT2D eigenvalue weighted by Crippen LogP contribution is 2.12. The van der Waals surface area contributed by atoms with Crippen molar-refractivity contribution in [2.45, 2.75) is 19.5 Å². The predicted molar refractivity (Wildman–Crippen MR) is 73.5 cm³/mol. The predicted octanol–water partition coefficient (Wildman–Crippen LogP) is 1.65. The second-order valence-electron chi connectivity index (χ2n) is 4.57. The summed E-state index contributed by atoms with van der Waals surface area (Å²) in [6.45, 7) is 3.63. The van der Waals surface area contributed by atoms with Crippen LogP contribution in [0.5, 0.6) is 0 Å². The molecule has 0 aliphatic heterocycles. The Labute approximate surface area is 108 Å². The normalized spacial score (nSPS) is 12.9. The Balaban J connectivity index is 2.19. The maximum absolute atomic E-state index is 5.69. The molecule has 1 heterocycles. The first-order valence-electron chi connectivity index (χ1n) is 6.21. The van der Waals surface area contributed by atoms with Gasteiger partial charge in [0, 0.05) is 25.3 Å². The Hall–Kier alpha value is -1.65. The van der Waals surface area contributed by atoms with Gasteiger partial charge in [-0.2, -0.15) is 5.10 Å². The van der Waals surface area contributed by atoms with Gasteiger partial charge in [-0.05, 0) is 32.2 Å². The molecule has 18 heavy (non-hydrogen) atoms.